The summed E-state index contributed by atoms with van der Waals surface area (Å²) in [5.41, 5.74) is 5.00. The number of carbonyl (C=O) groups excluding carboxylic acids is 3. The SMILES string of the molecule is CC(C)(NC(=O)OCc1ccccc1)C(=O)N1CCC[C@H]1C(N)=O. The van der Waals surface area contributed by atoms with Crippen LogP contribution in [0.5, 0.6) is 0 Å². The van der Waals surface area contributed by atoms with Gasteiger partial charge in [-0.15, -0.1) is 0 Å². The van der Waals surface area contributed by atoms with Crippen molar-refractivity contribution in [2.45, 2.75) is 44.9 Å². The largest absolute Gasteiger partial charge is 0.445 e. The Morgan fingerprint density at radius 2 is 1.96 bits per heavy atom. The molecule has 1 aliphatic rings. The van der Waals surface area contributed by atoms with Crippen LogP contribution in [0, 0.1) is 0 Å². The van der Waals surface area contributed by atoms with Gasteiger partial charge in [-0.05, 0) is 32.3 Å². The van der Waals surface area contributed by atoms with E-state index in [4.69, 9.17) is 10.5 Å². The van der Waals surface area contributed by atoms with Crippen LogP contribution in [-0.4, -0.2) is 40.9 Å². The number of nitrogens with one attached hydrogen (secondary N) is 1. The van der Waals surface area contributed by atoms with E-state index in [1.54, 1.807) is 13.8 Å². The van der Waals surface area contributed by atoms with Crippen LogP contribution in [0.1, 0.15) is 32.3 Å². The van der Waals surface area contributed by atoms with Gasteiger partial charge < -0.3 is 20.7 Å². The summed E-state index contributed by atoms with van der Waals surface area (Å²) < 4.78 is 5.14. The number of benzene rings is 1. The molecule has 1 fully saturated rings. The molecule has 1 atom stereocenters. The van der Waals surface area contributed by atoms with Crippen LogP contribution in [0.15, 0.2) is 30.3 Å². The van der Waals surface area contributed by atoms with E-state index in [0.717, 1.165) is 5.56 Å². The van der Waals surface area contributed by atoms with Crippen molar-refractivity contribution in [3.63, 3.8) is 0 Å². The van der Waals surface area contributed by atoms with E-state index in [1.165, 1.54) is 4.90 Å². The Labute approximate surface area is 141 Å². The molecule has 0 saturated carbocycles. The molecule has 24 heavy (non-hydrogen) atoms. The minimum atomic E-state index is -1.19. The molecular formula is C17H23N3O4. The van der Waals surface area contributed by atoms with Gasteiger partial charge in [0, 0.05) is 6.54 Å². The Kier molecular flexibility index (Phi) is 5.43. The molecule has 0 spiro atoms. The molecule has 130 valence electrons. The highest BCUT2D eigenvalue weighted by atomic mass is 16.5. The predicted octanol–water partition coefficient (Wildman–Crippen LogP) is 1.17. The van der Waals surface area contributed by atoms with E-state index >= 15 is 0 Å². The molecular weight excluding hydrogens is 310 g/mol. The summed E-state index contributed by atoms with van der Waals surface area (Å²) >= 11 is 0. The fraction of sp³-hybridized carbons (Fsp3) is 0.471. The minimum Gasteiger partial charge on any atom is -0.445 e. The summed E-state index contributed by atoms with van der Waals surface area (Å²) in [6.07, 6.45) is 0.579. The number of hydrogen-bond donors (Lipinski definition) is 2. The van der Waals surface area contributed by atoms with Crippen molar-refractivity contribution in [3.05, 3.63) is 35.9 Å². The number of ether oxygens (including phenoxy) is 1. The third-order valence-corrected chi connectivity index (χ3v) is 4.00. The Bertz CT molecular complexity index is 616. The van der Waals surface area contributed by atoms with Crippen molar-refractivity contribution >= 4 is 17.9 Å². The number of rotatable bonds is 5. The van der Waals surface area contributed by atoms with E-state index in [1.807, 2.05) is 30.3 Å². The zero-order chi connectivity index (χ0) is 17.7. The normalized spacial score (nSPS) is 17.4. The second-order valence-electron chi connectivity index (χ2n) is 6.37. The van der Waals surface area contributed by atoms with Crippen LogP contribution >= 0.6 is 0 Å². The average Bonchev–Trinajstić information content (AvgIpc) is 3.02. The lowest BCUT2D eigenvalue weighted by Gasteiger charge is -2.32. The van der Waals surface area contributed by atoms with Gasteiger partial charge in [0.2, 0.25) is 11.8 Å². The minimum absolute atomic E-state index is 0.116. The van der Waals surface area contributed by atoms with Gasteiger partial charge in [0.25, 0.3) is 0 Å². The number of likely N-dealkylation sites (tertiary alicyclic amines) is 1. The first-order valence-electron chi connectivity index (χ1n) is 7.90. The molecule has 0 bridgehead atoms. The maximum Gasteiger partial charge on any atom is 0.408 e. The van der Waals surface area contributed by atoms with Crippen LogP contribution < -0.4 is 11.1 Å². The molecule has 0 radical (unpaired) electrons. The second-order valence-corrected chi connectivity index (χ2v) is 6.37. The summed E-state index contributed by atoms with van der Waals surface area (Å²) in [4.78, 5) is 37.5. The first-order chi connectivity index (χ1) is 11.3. The molecule has 1 saturated heterocycles. The van der Waals surface area contributed by atoms with Crippen molar-refractivity contribution in [1.82, 2.24) is 10.2 Å². The highest BCUT2D eigenvalue weighted by molar-refractivity contribution is 5.93. The van der Waals surface area contributed by atoms with E-state index in [9.17, 15) is 14.4 Å². The van der Waals surface area contributed by atoms with Crippen LogP contribution in [0.3, 0.4) is 0 Å². The quantitative estimate of drug-likeness (QED) is 0.844. The molecule has 7 nitrogen and oxygen atoms in total. The lowest BCUT2D eigenvalue weighted by molar-refractivity contribution is -0.141. The highest BCUT2D eigenvalue weighted by Crippen LogP contribution is 2.21. The standard InChI is InChI=1S/C17H23N3O4/c1-17(2,15(22)20-10-6-9-13(20)14(18)21)19-16(23)24-11-12-7-4-3-5-8-12/h3-5,7-8,13H,6,9-11H2,1-2H3,(H2,18,21)(H,19,23)/t13-/m0/s1. The first kappa shape index (κ1) is 17.8. The molecule has 3 N–H and O–H groups in total. The molecule has 0 aromatic heterocycles. The van der Waals surface area contributed by atoms with Gasteiger partial charge in [-0.2, -0.15) is 0 Å². The summed E-state index contributed by atoms with van der Waals surface area (Å²) in [5, 5.41) is 2.56. The fourth-order valence-corrected chi connectivity index (χ4v) is 2.73. The lowest BCUT2D eigenvalue weighted by atomic mass is 10.0. The van der Waals surface area contributed by atoms with E-state index < -0.39 is 23.6 Å². The summed E-state index contributed by atoms with van der Waals surface area (Å²) in [7, 11) is 0. The van der Waals surface area contributed by atoms with Crippen molar-refractivity contribution in [2.75, 3.05) is 6.54 Å². The molecule has 3 amide bonds. The number of nitrogens with zero attached hydrogens (tertiary/aromatic N) is 1. The Hall–Kier alpha value is -2.57. The van der Waals surface area contributed by atoms with Gasteiger partial charge in [-0.3, -0.25) is 9.59 Å². The molecule has 1 aromatic carbocycles. The maximum atomic E-state index is 12.6. The summed E-state index contributed by atoms with van der Waals surface area (Å²) in [5.74, 6) is -0.872. The molecule has 1 heterocycles. The fourth-order valence-electron chi connectivity index (χ4n) is 2.73. The van der Waals surface area contributed by atoms with Crippen molar-refractivity contribution in [2.24, 2.45) is 5.73 Å². The van der Waals surface area contributed by atoms with Gasteiger partial charge in [-0.25, -0.2) is 4.79 Å². The van der Waals surface area contributed by atoms with Gasteiger partial charge in [0.1, 0.15) is 18.2 Å². The maximum absolute atomic E-state index is 12.6. The van der Waals surface area contributed by atoms with Crippen molar-refractivity contribution in [1.29, 1.82) is 0 Å². The third-order valence-electron chi connectivity index (χ3n) is 4.00. The van der Waals surface area contributed by atoms with E-state index in [-0.39, 0.29) is 12.5 Å². The zero-order valence-electron chi connectivity index (χ0n) is 14.0. The zero-order valence-corrected chi connectivity index (χ0v) is 14.0. The molecule has 1 aliphatic heterocycles. The van der Waals surface area contributed by atoms with E-state index in [2.05, 4.69) is 5.32 Å². The number of amides is 3. The van der Waals surface area contributed by atoms with Crippen molar-refractivity contribution < 1.29 is 19.1 Å². The molecule has 7 heteroatoms. The Balaban J connectivity index is 1.93. The van der Waals surface area contributed by atoms with Gasteiger partial charge >= 0.3 is 6.09 Å². The number of nitrogens with two attached hydrogens (primary N) is 1. The number of hydrogen-bond acceptors (Lipinski definition) is 4. The predicted molar refractivity (Wildman–Crippen MR) is 87.8 cm³/mol. The molecule has 1 aromatic rings. The van der Waals surface area contributed by atoms with Crippen LogP contribution in [0.4, 0.5) is 4.79 Å². The summed E-state index contributed by atoms with van der Waals surface area (Å²) in [6, 6.07) is 8.63. The second kappa shape index (κ2) is 7.33. The van der Waals surface area contributed by atoms with Crippen LogP contribution in [0.2, 0.25) is 0 Å². The average molecular weight is 333 g/mol. The highest BCUT2D eigenvalue weighted by Gasteiger charge is 2.40. The van der Waals surface area contributed by atoms with Crippen molar-refractivity contribution in [3.8, 4) is 0 Å². The van der Waals surface area contributed by atoms with Crippen LogP contribution in [-0.2, 0) is 20.9 Å². The monoisotopic (exact) mass is 333 g/mol. The lowest BCUT2D eigenvalue weighted by Crippen LogP contribution is -2.58. The van der Waals surface area contributed by atoms with Gasteiger partial charge in [0.15, 0.2) is 0 Å². The third kappa shape index (κ3) is 4.24. The smallest absolute Gasteiger partial charge is 0.408 e. The molecule has 2 rings (SSSR count). The Morgan fingerprint density at radius 3 is 2.58 bits per heavy atom. The number of alkyl carbamates (subject to hydrolysis) is 1. The van der Waals surface area contributed by atoms with Crippen LogP contribution in [0.25, 0.3) is 0 Å². The first-order valence-corrected chi connectivity index (χ1v) is 7.90. The molecule has 0 aliphatic carbocycles. The summed E-state index contributed by atoms with van der Waals surface area (Å²) in [6.45, 7) is 3.73. The Morgan fingerprint density at radius 1 is 1.29 bits per heavy atom. The van der Waals surface area contributed by atoms with E-state index in [0.29, 0.717) is 19.4 Å². The number of carbonyl (C=O) groups is 3. The number of primary amides is 1. The van der Waals surface area contributed by atoms with Gasteiger partial charge in [0.05, 0.1) is 0 Å². The van der Waals surface area contributed by atoms with Gasteiger partial charge in [-0.1, -0.05) is 30.3 Å². The molecule has 0 unspecified atom stereocenters. The topological polar surface area (TPSA) is 102 Å².